The smallest absolute Gasteiger partial charge is 0.317 e. The topological polar surface area (TPSA) is 70.6 Å². The first-order valence-corrected chi connectivity index (χ1v) is 8.08. The minimum Gasteiger partial charge on any atom is -0.317 e. The number of anilines is 1. The fourth-order valence-electron chi connectivity index (χ4n) is 2.42. The summed E-state index contributed by atoms with van der Waals surface area (Å²) in [5.74, 6) is -1.60. The van der Waals surface area contributed by atoms with Crippen molar-refractivity contribution in [2.75, 3.05) is 5.32 Å². The number of benzene rings is 3. The summed E-state index contributed by atoms with van der Waals surface area (Å²) < 4.78 is 0. The minimum atomic E-state index is -0.831. The zero-order valence-corrected chi connectivity index (χ0v) is 13.9. The molecule has 128 valence electrons. The molecule has 0 aromatic heterocycles. The van der Waals surface area contributed by atoms with Crippen LogP contribution in [-0.4, -0.2) is 18.0 Å². The van der Waals surface area contributed by atoms with Gasteiger partial charge in [-0.15, -0.1) is 0 Å². The minimum absolute atomic E-state index is 0.580. The van der Waals surface area contributed by atoms with Gasteiger partial charge in [0.25, 0.3) is 0 Å². The van der Waals surface area contributed by atoms with Gasteiger partial charge in [0, 0.05) is 17.3 Å². The van der Waals surface area contributed by atoms with Gasteiger partial charge in [-0.25, -0.2) is 5.43 Å². The molecule has 0 saturated heterocycles. The zero-order chi connectivity index (χ0) is 18.2. The van der Waals surface area contributed by atoms with Crippen molar-refractivity contribution < 1.29 is 9.59 Å². The molecule has 0 spiro atoms. The van der Waals surface area contributed by atoms with Crippen LogP contribution in [0.25, 0.3) is 16.8 Å². The molecule has 0 saturated carbocycles. The van der Waals surface area contributed by atoms with Crippen molar-refractivity contribution in [1.82, 2.24) is 5.43 Å². The number of rotatable bonds is 4. The summed E-state index contributed by atoms with van der Waals surface area (Å²) in [6.45, 7) is 0. The molecule has 26 heavy (non-hydrogen) atoms. The van der Waals surface area contributed by atoms with E-state index in [0.717, 1.165) is 16.3 Å². The van der Waals surface area contributed by atoms with Crippen LogP contribution >= 0.6 is 0 Å². The van der Waals surface area contributed by atoms with E-state index in [4.69, 9.17) is 0 Å². The monoisotopic (exact) mass is 343 g/mol. The first-order chi connectivity index (χ1) is 12.7. The van der Waals surface area contributed by atoms with Gasteiger partial charge in [-0.3, -0.25) is 9.59 Å². The Balaban J connectivity index is 1.57. The highest BCUT2D eigenvalue weighted by Crippen LogP contribution is 2.22. The van der Waals surface area contributed by atoms with E-state index in [0.29, 0.717) is 5.69 Å². The van der Waals surface area contributed by atoms with Crippen LogP contribution < -0.4 is 10.7 Å². The van der Waals surface area contributed by atoms with Gasteiger partial charge < -0.3 is 5.32 Å². The molecule has 0 aliphatic rings. The average Bonchev–Trinajstić information content (AvgIpc) is 2.68. The fraction of sp³-hybridized carbons (Fsp3) is 0. The number of fused-ring (bicyclic) bond motifs is 1. The van der Waals surface area contributed by atoms with Crippen LogP contribution in [-0.2, 0) is 9.59 Å². The Morgan fingerprint density at radius 3 is 2.38 bits per heavy atom. The third-order valence-electron chi connectivity index (χ3n) is 3.66. The van der Waals surface area contributed by atoms with E-state index < -0.39 is 11.8 Å². The van der Waals surface area contributed by atoms with Crippen LogP contribution in [0.2, 0.25) is 0 Å². The normalized spacial score (nSPS) is 11.1. The molecule has 0 heterocycles. The lowest BCUT2D eigenvalue weighted by molar-refractivity contribution is -0.136. The second kappa shape index (κ2) is 8.39. The maximum atomic E-state index is 12.0. The Bertz CT molecular complexity index is 973. The summed E-state index contributed by atoms with van der Waals surface area (Å²) in [5, 5.41) is 8.20. The largest absolute Gasteiger partial charge is 0.329 e. The first-order valence-electron chi connectivity index (χ1n) is 8.08. The van der Waals surface area contributed by atoms with E-state index in [-0.39, 0.29) is 0 Å². The lowest BCUT2D eigenvalue weighted by atomic mass is 10.1. The predicted molar refractivity (Wildman–Crippen MR) is 105 cm³/mol. The third-order valence-corrected chi connectivity index (χ3v) is 3.66. The molecule has 0 atom stereocenters. The summed E-state index contributed by atoms with van der Waals surface area (Å²) >= 11 is 0. The highest BCUT2D eigenvalue weighted by atomic mass is 16.2. The van der Waals surface area contributed by atoms with E-state index in [9.17, 15) is 9.59 Å². The van der Waals surface area contributed by atoms with Crippen molar-refractivity contribution in [3.05, 3.63) is 84.4 Å². The van der Waals surface area contributed by atoms with Gasteiger partial charge in [-0.1, -0.05) is 72.8 Å². The van der Waals surface area contributed by atoms with Gasteiger partial charge in [-0.2, -0.15) is 5.10 Å². The maximum absolute atomic E-state index is 12.0. The van der Waals surface area contributed by atoms with Gasteiger partial charge in [0.15, 0.2) is 0 Å². The number of carbonyl (C=O) groups is 2. The highest BCUT2D eigenvalue weighted by molar-refractivity contribution is 6.40. The van der Waals surface area contributed by atoms with E-state index in [1.54, 1.807) is 12.1 Å². The van der Waals surface area contributed by atoms with Gasteiger partial charge >= 0.3 is 11.8 Å². The number of nitrogens with zero attached hydrogens (tertiary/aromatic N) is 1. The van der Waals surface area contributed by atoms with E-state index in [1.807, 2.05) is 72.8 Å². The molecule has 0 bridgehead atoms. The number of allylic oxidation sites excluding steroid dienone is 1. The van der Waals surface area contributed by atoms with Crippen LogP contribution in [0.4, 0.5) is 5.69 Å². The molecule has 2 N–H and O–H groups in total. The SMILES string of the molecule is O=C(N/N=C\C=C\c1ccccc1)C(=O)Nc1cccc2ccccc12. The molecule has 5 nitrogen and oxygen atoms in total. The van der Waals surface area contributed by atoms with Crippen LogP contribution in [0.5, 0.6) is 0 Å². The van der Waals surface area contributed by atoms with Gasteiger partial charge in [-0.05, 0) is 23.1 Å². The summed E-state index contributed by atoms with van der Waals surface area (Å²) in [5.41, 5.74) is 3.80. The number of hydrogen-bond acceptors (Lipinski definition) is 3. The molecule has 0 fully saturated rings. The second-order valence-corrected chi connectivity index (χ2v) is 5.47. The summed E-state index contributed by atoms with van der Waals surface area (Å²) in [6, 6.07) is 22.8. The number of nitrogens with one attached hydrogen (secondary N) is 2. The van der Waals surface area contributed by atoms with Crippen LogP contribution in [0.3, 0.4) is 0 Å². The summed E-state index contributed by atoms with van der Waals surface area (Å²) in [7, 11) is 0. The molecular formula is C21H17N3O2. The van der Waals surface area contributed by atoms with Gasteiger partial charge in [0.2, 0.25) is 0 Å². The van der Waals surface area contributed by atoms with Gasteiger partial charge in [0.05, 0.1) is 0 Å². The Hall–Kier alpha value is -3.73. The number of hydrazone groups is 1. The van der Waals surface area contributed by atoms with Crippen LogP contribution in [0.1, 0.15) is 5.56 Å². The van der Waals surface area contributed by atoms with Crippen LogP contribution in [0, 0.1) is 0 Å². The summed E-state index contributed by atoms with van der Waals surface area (Å²) in [6.07, 6.45) is 4.93. The quantitative estimate of drug-likeness (QED) is 0.432. The van der Waals surface area contributed by atoms with E-state index >= 15 is 0 Å². The first kappa shape index (κ1) is 17.1. The predicted octanol–water partition coefficient (Wildman–Crippen LogP) is 3.59. The fourth-order valence-corrected chi connectivity index (χ4v) is 2.42. The molecule has 5 heteroatoms. The number of hydrogen-bond donors (Lipinski definition) is 2. The van der Waals surface area contributed by atoms with Crippen molar-refractivity contribution in [2.45, 2.75) is 0 Å². The van der Waals surface area contributed by atoms with Crippen molar-refractivity contribution in [2.24, 2.45) is 5.10 Å². The lowest BCUT2D eigenvalue weighted by Gasteiger charge is -2.07. The van der Waals surface area contributed by atoms with Gasteiger partial charge in [0.1, 0.15) is 0 Å². The molecule has 3 aromatic carbocycles. The molecule has 2 amide bonds. The molecule has 3 rings (SSSR count). The molecular weight excluding hydrogens is 326 g/mol. The molecule has 0 unspecified atom stereocenters. The summed E-state index contributed by atoms with van der Waals surface area (Å²) in [4.78, 5) is 23.9. The van der Waals surface area contributed by atoms with Crippen molar-refractivity contribution in [3.63, 3.8) is 0 Å². The Morgan fingerprint density at radius 2 is 1.54 bits per heavy atom. The lowest BCUT2D eigenvalue weighted by Crippen LogP contribution is -2.32. The number of amides is 2. The van der Waals surface area contributed by atoms with Crippen LogP contribution in [0.15, 0.2) is 84.0 Å². The molecule has 3 aromatic rings. The maximum Gasteiger partial charge on any atom is 0.329 e. The Morgan fingerprint density at radius 1 is 0.808 bits per heavy atom. The van der Waals surface area contributed by atoms with Crippen molar-refractivity contribution >= 4 is 40.6 Å². The Kier molecular flexibility index (Phi) is 5.52. The highest BCUT2D eigenvalue weighted by Gasteiger charge is 2.13. The molecule has 0 aliphatic heterocycles. The van der Waals surface area contributed by atoms with Crippen molar-refractivity contribution in [1.29, 1.82) is 0 Å². The van der Waals surface area contributed by atoms with E-state index in [1.165, 1.54) is 6.21 Å². The molecule has 0 radical (unpaired) electrons. The second-order valence-electron chi connectivity index (χ2n) is 5.47. The Labute approximate surface area is 151 Å². The zero-order valence-electron chi connectivity index (χ0n) is 13.9. The standard InChI is InChI=1S/C21H17N3O2/c25-20(23-19-14-6-12-17-11-4-5-13-18(17)19)21(26)24-22-15-7-10-16-8-2-1-3-9-16/h1-15H,(H,23,25)(H,24,26)/b10-7+,22-15-. The average molecular weight is 343 g/mol. The molecule has 0 aliphatic carbocycles. The third kappa shape index (κ3) is 4.42. The van der Waals surface area contributed by atoms with E-state index in [2.05, 4.69) is 15.8 Å². The number of carbonyl (C=O) groups excluding carboxylic acids is 2. The van der Waals surface area contributed by atoms with Crippen molar-refractivity contribution in [3.8, 4) is 0 Å².